The number of hydrogen-bond donors (Lipinski definition) is 0. The summed E-state index contributed by atoms with van der Waals surface area (Å²) in [5.74, 6) is 0. The average molecular weight is 201 g/mol. The lowest BCUT2D eigenvalue weighted by atomic mass is 9.77. The molecule has 2 unspecified atom stereocenters. The van der Waals surface area contributed by atoms with Crippen LogP contribution in [-0.4, -0.2) is 12.2 Å². The lowest BCUT2D eigenvalue weighted by molar-refractivity contribution is 0.0974. The maximum absolute atomic E-state index is 13.8. The van der Waals surface area contributed by atoms with Gasteiger partial charge >= 0.3 is 0 Å². The molecule has 0 spiro atoms. The molecule has 0 bridgehead atoms. The zero-order valence-corrected chi connectivity index (χ0v) is 9.55. The van der Waals surface area contributed by atoms with Crippen LogP contribution in [0.15, 0.2) is 5.11 Å². The highest BCUT2D eigenvalue weighted by atomic mass is 19.1. The predicted octanol–water partition coefficient (Wildman–Crippen LogP) is 4.24. The molecule has 0 fully saturated rings. The molecular formula is C10H20FN3. The highest BCUT2D eigenvalue weighted by molar-refractivity contribution is 4.85. The Hall–Kier alpha value is -0.760. The van der Waals surface area contributed by atoms with Crippen molar-refractivity contribution in [2.45, 2.75) is 52.6 Å². The Morgan fingerprint density at radius 1 is 1.29 bits per heavy atom. The standard InChI is InChI=1S/C10H20FN3/c1-5-9(3,8-13-14-12)7-10(4,11)6-2/h5-8H2,1-4H3. The Kier molecular flexibility index (Phi) is 4.92. The van der Waals surface area contributed by atoms with Gasteiger partial charge in [0.15, 0.2) is 0 Å². The van der Waals surface area contributed by atoms with E-state index in [2.05, 4.69) is 10.0 Å². The maximum atomic E-state index is 13.8. The fraction of sp³-hybridized carbons (Fsp3) is 1.00. The molecule has 0 heterocycles. The van der Waals surface area contributed by atoms with Crippen LogP contribution in [0.1, 0.15) is 47.0 Å². The van der Waals surface area contributed by atoms with Crippen molar-refractivity contribution in [1.29, 1.82) is 0 Å². The molecule has 14 heavy (non-hydrogen) atoms. The van der Waals surface area contributed by atoms with Gasteiger partial charge < -0.3 is 0 Å². The third kappa shape index (κ3) is 4.47. The van der Waals surface area contributed by atoms with Crippen LogP contribution in [0, 0.1) is 5.41 Å². The minimum atomic E-state index is -1.16. The van der Waals surface area contributed by atoms with Crippen LogP contribution < -0.4 is 0 Å². The molecule has 4 heteroatoms. The topological polar surface area (TPSA) is 48.8 Å². The molecule has 0 aromatic carbocycles. The first kappa shape index (κ1) is 13.2. The molecule has 0 N–H and O–H groups in total. The van der Waals surface area contributed by atoms with Gasteiger partial charge in [-0.3, -0.25) is 0 Å². The van der Waals surface area contributed by atoms with Crippen LogP contribution in [-0.2, 0) is 0 Å². The lowest BCUT2D eigenvalue weighted by Crippen LogP contribution is -2.30. The highest BCUT2D eigenvalue weighted by Gasteiger charge is 2.32. The summed E-state index contributed by atoms with van der Waals surface area (Å²) >= 11 is 0. The summed E-state index contributed by atoms with van der Waals surface area (Å²) in [5, 5.41) is 3.55. The van der Waals surface area contributed by atoms with Gasteiger partial charge in [0.25, 0.3) is 0 Å². The number of rotatable bonds is 6. The third-order valence-corrected chi connectivity index (χ3v) is 2.90. The summed E-state index contributed by atoms with van der Waals surface area (Å²) in [7, 11) is 0. The van der Waals surface area contributed by atoms with Gasteiger partial charge in [0, 0.05) is 11.5 Å². The molecule has 3 nitrogen and oxygen atoms in total. The number of hydrogen-bond acceptors (Lipinski definition) is 1. The number of azide groups is 1. The smallest absolute Gasteiger partial charge is 0.108 e. The van der Waals surface area contributed by atoms with Crippen molar-refractivity contribution in [2.24, 2.45) is 10.5 Å². The van der Waals surface area contributed by atoms with Crippen molar-refractivity contribution in [2.75, 3.05) is 6.54 Å². The van der Waals surface area contributed by atoms with E-state index in [-0.39, 0.29) is 5.41 Å². The molecule has 0 saturated heterocycles. The Bertz CT molecular complexity index is 221. The molecule has 0 aliphatic carbocycles. The van der Waals surface area contributed by atoms with Crippen molar-refractivity contribution in [1.82, 2.24) is 0 Å². The first-order chi connectivity index (χ1) is 6.39. The fourth-order valence-electron chi connectivity index (χ4n) is 1.51. The summed E-state index contributed by atoms with van der Waals surface area (Å²) in [5.41, 5.74) is 6.87. The van der Waals surface area contributed by atoms with Crippen molar-refractivity contribution in [3.63, 3.8) is 0 Å². The van der Waals surface area contributed by atoms with Gasteiger partial charge in [-0.15, -0.1) is 0 Å². The van der Waals surface area contributed by atoms with Gasteiger partial charge in [-0.25, -0.2) is 4.39 Å². The fourth-order valence-corrected chi connectivity index (χ4v) is 1.51. The molecule has 82 valence electrons. The predicted molar refractivity (Wildman–Crippen MR) is 56.8 cm³/mol. The zero-order valence-electron chi connectivity index (χ0n) is 9.55. The van der Waals surface area contributed by atoms with Crippen molar-refractivity contribution >= 4 is 0 Å². The van der Waals surface area contributed by atoms with Gasteiger partial charge in [-0.05, 0) is 30.7 Å². The summed E-state index contributed by atoms with van der Waals surface area (Å²) in [6, 6.07) is 0. The summed E-state index contributed by atoms with van der Waals surface area (Å²) in [6.45, 7) is 7.79. The Morgan fingerprint density at radius 2 is 1.86 bits per heavy atom. The van der Waals surface area contributed by atoms with E-state index in [1.807, 2.05) is 20.8 Å². The molecule has 0 aliphatic rings. The van der Waals surface area contributed by atoms with E-state index in [9.17, 15) is 4.39 Å². The quantitative estimate of drug-likeness (QED) is 0.350. The minimum absolute atomic E-state index is 0.217. The van der Waals surface area contributed by atoms with E-state index in [4.69, 9.17) is 5.53 Å². The average Bonchev–Trinajstić information content (AvgIpc) is 2.14. The second-order valence-electron chi connectivity index (χ2n) is 4.50. The van der Waals surface area contributed by atoms with Crippen molar-refractivity contribution in [3.05, 3.63) is 10.4 Å². The van der Waals surface area contributed by atoms with Crippen LogP contribution >= 0.6 is 0 Å². The van der Waals surface area contributed by atoms with Crippen LogP contribution in [0.2, 0.25) is 0 Å². The molecule has 0 saturated carbocycles. The molecular weight excluding hydrogens is 181 g/mol. The molecule has 0 radical (unpaired) electrons. The normalized spacial score (nSPS) is 19.2. The molecule has 0 amide bonds. The molecule has 2 atom stereocenters. The van der Waals surface area contributed by atoms with Crippen LogP contribution in [0.4, 0.5) is 4.39 Å². The van der Waals surface area contributed by atoms with Crippen LogP contribution in [0.25, 0.3) is 10.4 Å². The van der Waals surface area contributed by atoms with Crippen molar-refractivity contribution < 1.29 is 4.39 Å². The highest BCUT2D eigenvalue weighted by Crippen LogP contribution is 2.35. The van der Waals surface area contributed by atoms with E-state index >= 15 is 0 Å². The summed E-state index contributed by atoms with van der Waals surface area (Å²) in [6.07, 6.45) is 1.77. The monoisotopic (exact) mass is 201 g/mol. The molecule has 0 aromatic rings. The molecule has 0 aromatic heterocycles. The Labute approximate surface area is 85.3 Å². The first-order valence-corrected chi connectivity index (χ1v) is 5.09. The van der Waals surface area contributed by atoms with E-state index in [1.54, 1.807) is 6.92 Å². The van der Waals surface area contributed by atoms with Gasteiger partial charge in [-0.1, -0.05) is 32.3 Å². The van der Waals surface area contributed by atoms with Crippen LogP contribution in [0.3, 0.4) is 0 Å². The second kappa shape index (κ2) is 5.20. The van der Waals surface area contributed by atoms with Gasteiger partial charge in [0.05, 0.1) is 0 Å². The van der Waals surface area contributed by atoms with Crippen LogP contribution in [0.5, 0.6) is 0 Å². The largest absolute Gasteiger partial charge is 0.244 e. The SMILES string of the molecule is CCC(C)(F)CC(C)(CC)CN=[N+]=[N-]. The van der Waals surface area contributed by atoms with E-state index < -0.39 is 5.67 Å². The third-order valence-electron chi connectivity index (χ3n) is 2.90. The zero-order chi connectivity index (χ0) is 11.2. The van der Waals surface area contributed by atoms with E-state index in [0.717, 1.165) is 6.42 Å². The summed E-state index contributed by atoms with van der Waals surface area (Å²) in [4.78, 5) is 2.73. The van der Waals surface area contributed by atoms with E-state index in [1.165, 1.54) is 0 Å². The number of nitrogens with zero attached hydrogens (tertiary/aromatic N) is 3. The summed E-state index contributed by atoms with van der Waals surface area (Å²) < 4.78 is 13.8. The Morgan fingerprint density at radius 3 is 2.21 bits per heavy atom. The maximum Gasteiger partial charge on any atom is 0.108 e. The molecule has 0 rings (SSSR count). The lowest BCUT2D eigenvalue weighted by Gasteiger charge is -2.32. The van der Waals surface area contributed by atoms with Crippen molar-refractivity contribution in [3.8, 4) is 0 Å². The second-order valence-corrected chi connectivity index (χ2v) is 4.50. The van der Waals surface area contributed by atoms with E-state index in [0.29, 0.717) is 19.4 Å². The number of alkyl halides is 1. The van der Waals surface area contributed by atoms with Gasteiger partial charge in [0.2, 0.25) is 0 Å². The minimum Gasteiger partial charge on any atom is -0.244 e. The molecule has 0 aliphatic heterocycles. The van der Waals surface area contributed by atoms with Gasteiger partial charge in [0.1, 0.15) is 5.67 Å². The first-order valence-electron chi connectivity index (χ1n) is 5.09. The number of halogens is 1. The Balaban J connectivity index is 4.45. The van der Waals surface area contributed by atoms with Gasteiger partial charge in [-0.2, -0.15) is 0 Å².